The summed E-state index contributed by atoms with van der Waals surface area (Å²) >= 11 is 0. The molecular weight excluding hydrogens is 238 g/mol. The summed E-state index contributed by atoms with van der Waals surface area (Å²) in [6.07, 6.45) is 9.10. The van der Waals surface area contributed by atoms with E-state index in [0.29, 0.717) is 11.8 Å². The van der Waals surface area contributed by atoms with Crippen molar-refractivity contribution < 1.29 is 9.84 Å². The van der Waals surface area contributed by atoms with Crippen LogP contribution in [-0.2, 0) is 6.61 Å². The molecule has 1 aromatic rings. The van der Waals surface area contributed by atoms with Crippen molar-refractivity contribution in [2.45, 2.75) is 44.8 Å². The molecule has 0 amide bonds. The summed E-state index contributed by atoms with van der Waals surface area (Å²) in [6, 6.07) is 3.80. The summed E-state index contributed by atoms with van der Waals surface area (Å²) in [7, 11) is 0. The van der Waals surface area contributed by atoms with Crippen LogP contribution < -0.4 is 4.74 Å². The first-order valence-corrected chi connectivity index (χ1v) is 7.54. The van der Waals surface area contributed by atoms with Crippen LogP contribution in [0, 0.1) is 23.7 Å². The molecule has 1 heterocycles. The van der Waals surface area contributed by atoms with Crippen LogP contribution in [0.5, 0.6) is 5.75 Å². The number of pyridine rings is 1. The van der Waals surface area contributed by atoms with E-state index in [0.717, 1.165) is 29.4 Å². The third-order valence-electron chi connectivity index (χ3n) is 5.36. The molecule has 102 valence electrons. The molecule has 0 radical (unpaired) electrons. The van der Waals surface area contributed by atoms with Crippen LogP contribution in [0.1, 0.15) is 37.8 Å². The Balaban J connectivity index is 1.53. The van der Waals surface area contributed by atoms with Crippen molar-refractivity contribution in [3.8, 4) is 5.75 Å². The number of ether oxygens (including phenoxy) is 1. The van der Waals surface area contributed by atoms with Crippen LogP contribution in [0.3, 0.4) is 0 Å². The number of hydrogen-bond donors (Lipinski definition) is 1. The van der Waals surface area contributed by atoms with Crippen molar-refractivity contribution in [2.24, 2.45) is 23.7 Å². The summed E-state index contributed by atoms with van der Waals surface area (Å²) in [6.45, 7) is -0.0150. The summed E-state index contributed by atoms with van der Waals surface area (Å²) in [5, 5.41) is 9.15. The number of nitrogens with zero attached hydrogens (tertiary/aromatic N) is 1. The Kier molecular flexibility index (Phi) is 2.76. The third-order valence-corrected chi connectivity index (χ3v) is 5.36. The second-order valence-electron chi connectivity index (χ2n) is 6.65. The Labute approximate surface area is 114 Å². The fourth-order valence-electron chi connectivity index (χ4n) is 4.84. The van der Waals surface area contributed by atoms with Gasteiger partial charge < -0.3 is 9.84 Å². The minimum Gasteiger partial charge on any atom is -0.490 e. The summed E-state index contributed by atoms with van der Waals surface area (Å²) < 4.78 is 6.28. The maximum atomic E-state index is 9.15. The Morgan fingerprint density at radius 3 is 2.42 bits per heavy atom. The zero-order valence-corrected chi connectivity index (χ0v) is 11.2. The van der Waals surface area contributed by atoms with E-state index in [1.165, 1.54) is 32.1 Å². The van der Waals surface area contributed by atoms with Gasteiger partial charge in [-0.05, 0) is 61.8 Å². The van der Waals surface area contributed by atoms with Gasteiger partial charge in [-0.15, -0.1) is 0 Å². The smallest absolute Gasteiger partial charge is 0.123 e. The molecule has 1 aromatic heterocycles. The molecule has 4 bridgehead atoms. The zero-order valence-electron chi connectivity index (χ0n) is 11.2. The molecule has 4 fully saturated rings. The van der Waals surface area contributed by atoms with Gasteiger partial charge in [0.2, 0.25) is 0 Å². The number of aromatic nitrogens is 1. The number of rotatable bonds is 3. The fourth-order valence-corrected chi connectivity index (χ4v) is 4.84. The standard InChI is InChI=1S/C16H21NO2/c18-9-14-8-15(1-2-17-14)19-16-12-4-10-3-11(6-12)7-13(16)5-10/h1-2,8,10-13,16,18H,3-7,9H2. The van der Waals surface area contributed by atoms with E-state index in [9.17, 15) is 0 Å². The summed E-state index contributed by atoms with van der Waals surface area (Å²) in [4.78, 5) is 4.11. The van der Waals surface area contributed by atoms with Gasteiger partial charge >= 0.3 is 0 Å². The molecule has 4 saturated carbocycles. The average Bonchev–Trinajstić information content (AvgIpc) is 2.42. The highest BCUT2D eigenvalue weighted by Crippen LogP contribution is 2.54. The van der Waals surface area contributed by atoms with Gasteiger partial charge in [0.25, 0.3) is 0 Å². The van der Waals surface area contributed by atoms with Gasteiger partial charge in [-0.1, -0.05) is 0 Å². The molecule has 0 spiro atoms. The van der Waals surface area contributed by atoms with Gasteiger partial charge in [-0.2, -0.15) is 0 Å². The monoisotopic (exact) mass is 259 g/mol. The van der Waals surface area contributed by atoms with Gasteiger partial charge in [-0.3, -0.25) is 4.98 Å². The SMILES string of the molecule is OCc1cc(OC2C3CC4CC(C3)CC2C4)ccn1. The largest absolute Gasteiger partial charge is 0.490 e. The topological polar surface area (TPSA) is 42.4 Å². The van der Waals surface area contributed by atoms with E-state index < -0.39 is 0 Å². The highest BCUT2D eigenvalue weighted by molar-refractivity contribution is 5.23. The van der Waals surface area contributed by atoms with Crippen LogP contribution in [0.4, 0.5) is 0 Å². The number of aliphatic hydroxyl groups is 1. The Morgan fingerprint density at radius 1 is 1.11 bits per heavy atom. The normalized spacial score (nSPS) is 39.5. The van der Waals surface area contributed by atoms with Crippen molar-refractivity contribution in [2.75, 3.05) is 0 Å². The van der Waals surface area contributed by atoms with Gasteiger partial charge in [0.05, 0.1) is 12.3 Å². The predicted molar refractivity (Wildman–Crippen MR) is 71.6 cm³/mol. The van der Waals surface area contributed by atoms with Crippen LogP contribution >= 0.6 is 0 Å². The summed E-state index contributed by atoms with van der Waals surface area (Å²) in [5.41, 5.74) is 0.696. The Morgan fingerprint density at radius 2 is 1.79 bits per heavy atom. The van der Waals surface area contributed by atoms with Crippen molar-refractivity contribution >= 4 is 0 Å². The number of hydrogen-bond acceptors (Lipinski definition) is 3. The maximum Gasteiger partial charge on any atom is 0.123 e. The molecular formula is C16H21NO2. The Hall–Kier alpha value is -1.09. The zero-order chi connectivity index (χ0) is 12.8. The van der Waals surface area contributed by atoms with Crippen LogP contribution in [0.25, 0.3) is 0 Å². The molecule has 0 saturated heterocycles. The van der Waals surface area contributed by atoms with E-state index in [1.54, 1.807) is 6.20 Å². The van der Waals surface area contributed by atoms with E-state index in [1.807, 2.05) is 12.1 Å². The predicted octanol–water partition coefficient (Wildman–Crippen LogP) is 2.78. The molecule has 0 atom stereocenters. The second-order valence-corrected chi connectivity index (χ2v) is 6.65. The summed E-state index contributed by atoms with van der Waals surface area (Å²) in [5.74, 6) is 4.38. The van der Waals surface area contributed by atoms with E-state index >= 15 is 0 Å². The average molecular weight is 259 g/mol. The third kappa shape index (κ3) is 2.04. The molecule has 3 nitrogen and oxygen atoms in total. The fraction of sp³-hybridized carbons (Fsp3) is 0.688. The van der Waals surface area contributed by atoms with Crippen molar-refractivity contribution in [1.29, 1.82) is 0 Å². The first-order chi connectivity index (χ1) is 9.31. The van der Waals surface area contributed by atoms with Gasteiger partial charge in [0, 0.05) is 12.3 Å². The van der Waals surface area contributed by atoms with E-state index in [-0.39, 0.29) is 6.61 Å². The second kappa shape index (κ2) is 4.48. The molecule has 19 heavy (non-hydrogen) atoms. The minimum absolute atomic E-state index is 0.0150. The van der Waals surface area contributed by atoms with Gasteiger partial charge in [0.15, 0.2) is 0 Å². The van der Waals surface area contributed by atoms with E-state index in [2.05, 4.69) is 4.98 Å². The van der Waals surface area contributed by atoms with Crippen molar-refractivity contribution in [3.05, 3.63) is 24.0 Å². The van der Waals surface area contributed by atoms with Crippen LogP contribution in [0.15, 0.2) is 18.3 Å². The molecule has 5 rings (SSSR count). The first-order valence-electron chi connectivity index (χ1n) is 7.54. The van der Waals surface area contributed by atoms with E-state index in [4.69, 9.17) is 9.84 Å². The quantitative estimate of drug-likeness (QED) is 0.907. The van der Waals surface area contributed by atoms with Crippen molar-refractivity contribution in [3.63, 3.8) is 0 Å². The van der Waals surface area contributed by atoms with Crippen molar-refractivity contribution in [1.82, 2.24) is 4.98 Å². The van der Waals surface area contributed by atoms with Crippen LogP contribution in [0.2, 0.25) is 0 Å². The lowest BCUT2D eigenvalue weighted by Gasteiger charge is -2.53. The lowest BCUT2D eigenvalue weighted by Crippen LogP contribution is -2.50. The molecule has 3 heteroatoms. The molecule has 0 aliphatic heterocycles. The minimum atomic E-state index is -0.0150. The molecule has 4 aliphatic rings. The number of aliphatic hydroxyl groups excluding tert-OH is 1. The lowest BCUT2D eigenvalue weighted by molar-refractivity contribution is -0.0790. The molecule has 1 N–H and O–H groups in total. The molecule has 4 aliphatic carbocycles. The van der Waals surface area contributed by atoms with Gasteiger partial charge in [0.1, 0.15) is 11.9 Å². The Bertz CT molecular complexity index is 446. The molecule has 0 aromatic carbocycles. The lowest BCUT2D eigenvalue weighted by atomic mass is 9.55. The molecule has 0 unspecified atom stereocenters. The highest BCUT2D eigenvalue weighted by atomic mass is 16.5. The van der Waals surface area contributed by atoms with Gasteiger partial charge in [-0.25, -0.2) is 0 Å². The maximum absolute atomic E-state index is 9.15. The van der Waals surface area contributed by atoms with Crippen LogP contribution in [-0.4, -0.2) is 16.2 Å². The first kappa shape index (κ1) is 11.7. The highest BCUT2D eigenvalue weighted by Gasteiger charge is 2.49.